The van der Waals surface area contributed by atoms with Crippen molar-refractivity contribution in [3.63, 3.8) is 0 Å². The molecular weight excluding hydrogens is 466 g/mol. The molecule has 1 unspecified atom stereocenters. The maximum atomic E-state index is 13.6. The molecule has 1 fully saturated rings. The van der Waals surface area contributed by atoms with Gasteiger partial charge in [-0.15, -0.1) is 5.10 Å². The standard InChI is InChI=1S/C22H24F2N6O3S/c1-16-25-26-27-30(16)21(15-17-3-5-18(23)6-4-17)22(31)28-11-2-12-29(14-13-28)34(32,33)20-9-7-19(24)8-10-20/h3-10,21H,2,11-15H2,1H3. The molecule has 1 aromatic heterocycles. The first-order valence-electron chi connectivity index (χ1n) is 10.8. The summed E-state index contributed by atoms with van der Waals surface area (Å²) < 4.78 is 55.3. The molecule has 1 saturated heterocycles. The van der Waals surface area contributed by atoms with Crippen LogP contribution in [0.25, 0.3) is 0 Å². The number of aromatic nitrogens is 4. The molecule has 1 amide bonds. The molecule has 12 heteroatoms. The summed E-state index contributed by atoms with van der Waals surface area (Å²) in [5, 5.41) is 11.5. The Balaban J connectivity index is 1.53. The van der Waals surface area contributed by atoms with Crippen molar-refractivity contribution in [3.05, 3.63) is 71.6 Å². The van der Waals surface area contributed by atoms with Crippen LogP contribution < -0.4 is 0 Å². The summed E-state index contributed by atoms with van der Waals surface area (Å²) in [6.45, 7) is 2.55. The first kappa shape index (κ1) is 23.9. The van der Waals surface area contributed by atoms with Crippen LogP contribution in [-0.2, 0) is 21.2 Å². The first-order chi connectivity index (χ1) is 16.3. The molecule has 0 radical (unpaired) electrons. The van der Waals surface area contributed by atoms with Gasteiger partial charge in [0.1, 0.15) is 23.5 Å². The van der Waals surface area contributed by atoms with E-state index in [9.17, 15) is 22.0 Å². The molecule has 34 heavy (non-hydrogen) atoms. The van der Waals surface area contributed by atoms with Crippen molar-refractivity contribution in [1.82, 2.24) is 29.4 Å². The number of benzene rings is 2. The van der Waals surface area contributed by atoms with Crippen LogP contribution in [0.2, 0.25) is 0 Å². The largest absolute Gasteiger partial charge is 0.339 e. The lowest BCUT2D eigenvalue weighted by Gasteiger charge is -2.26. The molecule has 3 aromatic rings. The van der Waals surface area contributed by atoms with Crippen LogP contribution in [0.1, 0.15) is 23.9 Å². The van der Waals surface area contributed by atoms with E-state index in [2.05, 4.69) is 15.5 Å². The Labute approximate surface area is 196 Å². The van der Waals surface area contributed by atoms with Gasteiger partial charge in [-0.1, -0.05) is 12.1 Å². The molecule has 1 aliphatic rings. The maximum absolute atomic E-state index is 13.6. The number of rotatable bonds is 6. The summed E-state index contributed by atoms with van der Waals surface area (Å²) >= 11 is 0. The van der Waals surface area contributed by atoms with E-state index < -0.39 is 21.9 Å². The van der Waals surface area contributed by atoms with Crippen LogP contribution in [0.3, 0.4) is 0 Å². The number of carbonyl (C=O) groups excluding carboxylic acids is 1. The van der Waals surface area contributed by atoms with E-state index in [-0.39, 0.29) is 42.7 Å². The number of amides is 1. The fourth-order valence-corrected chi connectivity index (χ4v) is 5.44. The average Bonchev–Trinajstić information content (AvgIpc) is 3.08. The minimum Gasteiger partial charge on any atom is -0.339 e. The van der Waals surface area contributed by atoms with Crippen LogP contribution >= 0.6 is 0 Å². The number of carbonyl (C=O) groups is 1. The first-order valence-corrected chi connectivity index (χ1v) is 12.2. The average molecular weight is 491 g/mol. The summed E-state index contributed by atoms with van der Waals surface area (Å²) in [4.78, 5) is 15.2. The van der Waals surface area contributed by atoms with Gasteiger partial charge in [0.15, 0.2) is 0 Å². The predicted molar refractivity (Wildman–Crippen MR) is 118 cm³/mol. The molecule has 2 aromatic carbocycles. The molecule has 0 bridgehead atoms. The summed E-state index contributed by atoms with van der Waals surface area (Å²) in [5.41, 5.74) is 0.741. The molecule has 1 atom stereocenters. The SMILES string of the molecule is Cc1nnnn1C(Cc1ccc(F)cc1)C(=O)N1CCCN(S(=O)(=O)c2ccc(F)cc2)CC1. The smallest absolute Gasteiger partial charge is 0.247 e. The van der Waals surface area contributed by atoms with E-state index in [1.54, 1.807) is 24.0 Å². The summed E-state index contributed by atoms with van der Waals surface area (Å²) in [5.74, 6) is -0.687. The molecular formula is C22H24F2N6O3S. The van der Waals surface area contributed by atoms with Gasteiger partial charge in [0.2, 0.25) is 15.9 Å². The topological polar surface area (TPSA) is 101 Å². The van der Waals surface area contributed by atoms with E-state index in [0.29, 0.717) is 18.8 Å². The molecule has 2 heterocycles. The van der Waals surface area contributed by atoms with E-state index >= 15 is 0 Å². The van der Waals surface area contributed by atoms with E-state index in [4.69, 9.17) is 0 Å². The second kappa shape index (κ2) is 9.94. The maximum Gasteiger partial charge on any atom is 0.247 e. The van der Waals surface area contributed by atoms with Crippen LogP contribution in [0.4, 0.5) is 8.78 Å². The number of nitrogens with zero attached hydrogens (tertiary/aromatic N) is 6. The van der Waals surface area contributed by atoms with Crippen LogP contribution in [-0.4, -0.2) is 69.9 Å². The number of hydrogen-bond acceptors (Lipinski definition) is 6. The Bertz CT molecular complexity index is 1250. The zero-order chi connectivity index (χ0) is 24.3. The molecule has 1 aliphatic heterocycles. The fourth-order valence-electron chi connectivity index (χ4n) is 3.97. The van der Waals surface area contributed by atoms with E-state index in [1.807, 2.05) is 0 Å². The summed E-state index contributed by atoms with van der Waals surface area (Å²) in [7, 11) is -3.82. The molecule has 9 nitrogen and oxygen atoms in total. The molecule has 0 saturated carbocycles. The highest BCUT2D eigenvalue weighted by Gasteiger charge is 2.32. The van der Waals surface area contributed by atoms with Gasteiger partial charge < -0.3 is 4.90 Å². The Morgan fingerprint density at radius 1 is 0.971 bits per heavy atom. The minimum atomic E-state index is -3.82. The third-order valence-corrected chi connectivity index (χ3v) is 7.71. The Kier molecular flexibility index (Phi) is 6.98. The molecule has 0 aliphatic carbocycles. The summed E-state index contributed by atoms with van der Waals surface area (Å²) in [6.07, 6.45) is 0.684. The van der Waals surface area contributed by atoms with Crippen LogP contribution in [0, 0.1) is 18.6 Å². The normalized spacial score (nSPS) is 16.3. The number of tetrazole rings is 1. The van der Waals surface area contributed by atoms with Gasteiger partial charge in [-0.25, -0.2) is 21.9 Å². The number of aryl methyl sites for hydroxylation is 1. The zero-order valence-electron chi connectivity index (χ0n) is 18.5. The summed E-state index contributed by atoms with van der Waals surface area (Å²) in [6, 6.07) is 9.78. The van der Waals surface area contributed by atoms with Crippen molar-refractivity contribution in [2.45, 2.75) is 30.7 Å². The van der Waals surface area contributed by atoms with Gasteiger partial charge >= 0.3 is 0 Å². The van der Waals surface area contributed by atoms with Crippen molar-refractivity contribution in [2.24, 2.45) is 0 Å². The minimum absolute atomic E-state index is 0.00665. The third kappa shape index (κ3) is 5.12. The lowest BCUT2D eigenvalue weighted by Crippen LogP contribution is -2.41. The van der Waals surface area contributed by atoms with Gasteiger partial charge in [-0.2, -0.15) is 4.31 Å². The molecule has 0 spiro atoms. The van der Waals surface area contributed by atoms with Crippen LogP contribution in [0.5, 0.6) is 0 Å². The van der Waals surface area contributed by atoms with Gasteiger partial charge in [0.05, 0.1) is 4.90 Å². The van der Waals surface area contributed by atoms with E-state index in [1.165, 1.54) is 33.3 Å². The predicted octanol–water partition coefficient (Wildman–Crippen LogP) is 1.97. The van der Waals surface area contributed by atoms with Crippen molar-refractivity contribution in [3.8, 4) is 0 Å². The van der Waals surface area contributed by atoms with Crippen molar-refractivity contribution >= 4 is 15.9 Å². The second-order valence-corrected chi connectivity index (χ2v) is 9.99. The highest BCUT2D eigenvalue weighted by molar-refractivity contribution is 7.89. The highest BCUT2D eigenvalue weighted by Crippen LogP contribution is 2.22. The van der Waals surface area contributed by atoms with Crippen molar-refractivity contribution in [2.75, 3.05) is 26.2 Å². The quantitative estimate of drug-likeness (QED) is 0.524. The lowest BCUT2D eigenvalue weighted by atomic mass is 10.0. The van der Waals surface area contributed by atoms with Gasteiger partial charge in [-0.3, -0.25) is 4.79 Å². The number of hydrogen-bond donors (Lipinski definition) is 0. The van der Waals surface area contributed by atoms with Gasteiger partial charge in [-0.05, 0) is 65.7 Å². The Hall–Kier alpha value is -3.25. The molecule has 0 N–H and O–H groups in total. The second-order valence-electron chi connectivity index (χ2n) is 8.05. The molecule has 4 rings (SSSR count). The number of halogens is 2. The number of sulfonamides is 1. The Morgan fingerprint density at radius 2 is 1.62 bits per heavy atom. The van der Waals surface area contributed by atoms with Gasteiger partial charge in [0.25, 0.3) is 0 Å². The lowest BCUT2D eigenvalue weighted by molar-refractivity contribution is -0.135. The zero-order valence-corrected chi connectivity index (χ0v) is 19.3. The third-order valence-electron chi connectivity index (χ3n) is 5.80. The Morgan fingerprint density at radius 3 is 2.24 bits per heavy atom. The van der Waals surface area contributed by atoms with E-state index in [0.717, 1.165) is 17.7 Å². The monoisotopic (exact) mass is 490 g/mol. The fraction of sp³-hybridized carbons (Fsp3) is 0.364. The van der Waals surface area contributed by atoms with Crippen molar-refractivity contribution < 1.29 is 22.0 Å². The highest BCUT2D eigenvalue weighted by atomic mass is 32.2. The van der Waals surface area contributed by atoms with Crippen LogP contribution in [0.15, 0.2) is 53.4 Å². The van der Waals surface area contributed by atoms with Gasteiger partial charge in [0, 0.05) is 32.6 Å². The van der Waals surface area contributed by atoms with Crippen molar-refractivity contribution in [1.29, 1.82) is 0 Å². The molecule has 180 valence electrons.